The molecule has 0 aromatic heterocycles. The molecule has 1 atom stereocenters. The summed E-state index contributed by atoms with van der Waals surface area (Å²) in [7, 11) is 0. The van der Waals surface area contributed by atoms with Gasteiger partial charge in [-0.2, -0.15) is 0 Å². The highest BCUT2D eigenvalue weighted by Gasteiger charge is 2.35. The van der Waals surface area contributed by atoms with Crippen LogP contribution in [-0.4, -0.2) is 42.3 Å². The molecular formula is C17H24N2O2. The van der Waals surface area contributed by atoms with E-state index in [2.05, 4.69) is 29.2 Å². The minimum Gasteiger partial charge on any atom is -0.444 e. The summed E-state index contributed by atoms with van der Waals surface area (Å²) in [5.74, 6) is 0. The largest absolute Gasteiger partial charge is 0.444 e. The Bertz CT molecular complexity index is 536. The van der Waals surface area contributed by atoms with E-state index in [0.717, 1.165) is 32.5 Å². The van der Waals surface area contributed by atoms with Gasteiger partial charge in [0.25, 0.3) is 0 Å². The SMILES string of the molecule is CC(C)(C)OC(=O)N1CCC(N2CCc3ccccc32)C1. The molecule has 114 valence electrons. The van der Waals surface area contributed by atoms with E-state index < -0.39 is 5.60 Å². The van der Waals surface area contributed by atoms with Crippen molar-refractivity contribution in [1.82, 2.24) is 4.90 Å². The van der Waals surface area contributed by atoms with Crippen molar-refractivity contribution in [3.05, 3.63) is 29.8 Å². The van der Waals surface area contributed by atoms with Gasteiger partial charge in [-0.05, 0) is 45.2 Å². The van der Waals surface area contributed by atoms with Gasteiger partial charge in [-0.25, -0.2) is 4.79 Å². The van der Waals surface area contributed by atoms with Crippen molar-refractivity contribution in [2.45, 2.75) is 45.3 Å². The zero-order valence-electron chi connectivity index (χ0n) is 13.1. The van der Waals surface area contributed by atoms with Gasteiger partial charge in [0, 0.05) is 31.4 Å². The Kier molecular flexibility index (Phi) is 3.56. The Morgan fingerprint density at radius 1 is 1.24 bits per heavy atom. The fraction of sp³-hybridized carbons (Fsp3) is 0.588. The Morgan fingerprint density at radius 2 is 2.00 bits per heavy atom. The van der Waals surface area contributed by atoms with Crippen LogP contribution in [0.3, 0.4) is 0 Å². The number of para-hydroxylation sites is 1. The lowest BCUT2D eigenvalue weighted by Crippen LogP contribution is -2.40. The van der Waals surface area contributed by atoms with Crippen molar-refractivity contribution < 1.29 is 9.53 Å². The van der Waals surface area contributed by atoms with Crippen LogP contribution in [0.5, 0.6) is 0 Å². The molecule has 0 aliphatic carbocycles. The topological polar surface area (TPSA) is 32.8 Å². The van der Waals surface area contributed by atoms with E-state index in [0.29, 0.717) is 6.04 Å². The van der Waals surface area contributed by atoms with E-state index in [9.17, 15) is 4.79 Å². The summed E-state index contributed by atoms with van der Waals surface area (Å²) in [6.07, 6.45) is 1.95. The molecule has 1 saturated heterocycles. The molecule has 0 spiro atoms. The highest BCUT2D eigenvalue weighted by molar-refractivity contribution is 5.69. The second-order valence-corrected chi connectivity index (χ2v) is 6.94. The highest BCUT2D eigenvalue weighted by Crippen LogP contribution is 2.32. The number of benzene rings is 1. The third-order valence-corrected chi connectivity index (χ3v) is 4.18. The Morgan fingerprint density at radius 3 is 2.76 bits per heavy atom. The highest BCUT2D eigenvalue weighted by atomic mass is 16.6. The Balaban J connectivity index is 1.65. The smallest absolute Gasteiger partial charge is 0.410 e. The maximum atomic E-state index is 12.2. The number of hydrogen-bond acceptors (Lipinski definition) is 3. The number of amides is 1. The van der Waals surface area contributed by atoms with Gasteiger partial charge < -0.3 is 14.5 Å². The first-order chi connectivity index (χ1) is 9.94. The van der Waals surface area contributed by atoms with Crippen LogP contribution in [0.15, 0.2) is 24.3 Å². The number of rotatable bonds is 1. The average Bonchev–Trinajstić information content (AvgIpc) is 3.03. The lowest BCUT2D eigenvalue weighted by atomic mass is 10.1. The van der Waals surface area contributed by atoms with Crippen LogP contribution < -0.4 is 4.90 Å². The third kappa shape index (κ3) is 2.99. The minimum atomic E-state index is -0.421. The van der Waals surface area contributed by atoms with Crippen molar-refractivity contribution in [3.8, 4) is 0 Å². The molecule has 3 rings (SSSR count). The Labute approximate surface area is 126 Å². The molecule has 4 heteroatoms. The van der Waals surface area contributed by atoms with E-state index in [1.807, 2.05) is 25.7 Å². The zero-order valence-corrected chi connectivity index (χ0v) is 13.1. The molecule has 4 nitrogen and oxygen atoms in total. The van der Waals surface area contributed by atoms with Crippen LogP contribution >= 0.6 is 0 Å². The maximum Gasteiger partial charge on any atom is 0.410 e. The molecule has 0 radical (unpaired) electrons. The fourth-order valence-electron chi connectivity index (χ4n) is 3.23. The maximum absolute atomic E-state index is 12.2. The van der Waals surface area contributed by atoms with Gasteiger partial charge in [0.1, 0.15) is 5.60 Å². The monoisotopic (exact) mass is 288 g/mol. The molecule has 21 heavy (non-hydrogen) atoms. The molecule has 2 aliphatic rings. The van der Waals surface area contributed by atoms with E-state index in [4.69, 9.17) is 4.74 Å². The van der Waals surface area contributed by atoms with Crippen molar-refractivity contribution in [3.63, 3.8) is 0 Å². The van der Waals surface area contributed by atoms with Gasteiger partial charge in [0.15, 0.2) is 0 Å². The first-order valence-corrected chi connectivity index (χ1v) is 7.76. The lowest BCUT2D eigenvalue weighted by molar-refractivity contribution is 0.0292. The summed E-state index contributed by atoms with van der Waals surface area (Å²) in [5.41, 5.74) is 2.34. The van der Waals surface area contributed by atoms with Gasteiger partial charge >= 0.3 is 6.09 Å². The van der Waals surface area contributed by atoms with Crippen molar-refractivity contribution in [2.75, 3.05) is 24.5 Å². The number of carbonyl (C=O) groups is 1. The molecule has 0 saturated carbocycles. The zero-order chi connectivity index (χ0) is 15.0. The molecular weight excluding hydrogens is 264 g/mol. The van der Waals surface area contributed by atoms with Crippen LogP contribution in [0.25, 0.3) is 0 Å². The van der Waals surface area contributed by atoms with Crippen LogP contribution in [0.1, 0.15) is 32.8 Å². The summed E-state index contributed by atoms with van der Waals surface area (Å²) in [5, 5.41) is 0. The molecule has 1 fully saturated rings. The normalized spacial score (nSPS) is 21.6. The number of ether oxygens (including phenoxy) is 1. The number of nitrogens with zero attached hydrogens (tertiary/aromatic N) is 2. The van der Waals surface area contributed by atoms with Crippen LogP contribution in [-0.2, 0) is 11.2 Å². The van der Waals surface area contributed by atoms with Crippen LogP contribution in [0, 0.1) is 0 Å². The molecule has 1 unspecified atom stereocenters. The molecule has 0 N–H and O–H groups in total. The van der Waals surface area contributed by atoms with Gasteiger partial charge in [0.05, 0.1) is 0 Å². The van der Waals surface area contributed by atoms with Gasteiger partial charge in [-0.15, -0.1) is 0 Å². The first kappa shape index (κ1) is 14.2. The number of likely N-dealkylation sites (tertiary alicyclic amines) is 1. The van der Waals surface area contributed by atoms with Gasteiger partial charge in [-0.1, -0.05) is 18.2 Å². The molecule has 0 bridgehead atoms. The summed E-state index contributed by atoms with van der Waals surface area (Å²) < 4.78 is 5.47. The van der Waals surface area contributed by atoms with E-state index >= 15 is 0 Å². The molecule has 2 aliphatic heterocycles. The summed E-state index contributed by atoms with van der Waals surface area (Å²) in [4.78, 5) is 16.5. The van der Waals surface area contributed by atoms with Gasteiger partial charge in [0.2, 0.25) is 0 Å². The minimum absolute atomic E-state index is 0.183. The summed E-state index contributed by atoms with van der Waals surface area (Å²) in [6.45, 7) is 8.35. The average molecular weight is 288 g/mol. The fourth-order valence-corrected chi connectivity index (χ4v) is 3.23. The second kappa shape index (κ2) is 5.24. The van der Waals surface area contributed by atoms with Crippen LogP contribution in [0.4, 0.5) is 10.5 Å². The standard InChI is InChI=1S/C17H24N2O2/c1-17(2,3)21-16(20)18-10-9-14(12-18)19-11-8-13-6-4-5-7-15(13)19/h4-7,14H,8-12H2,1-3H3. The predicted octanol–water partition coefficient (Wildman–Crippen LogP) is 3.06. The number of carbonyl (C=O) groups excluding carboxylic acids is 1. The van der Waals surface area contributed by atoms with Crippen molar-refractivity contribution >= 4 is 11.8 Å². The van der Waals surface area contributed by atoms with E-state index in [1.165, 1.54) is 11.3 Å². The second-order valence-electron chi connectivity index (χ2n) is 6.94. The molecule has 2 heterocycles. The lowest BCUT2D eigenvalue weighted by Gasteiger charge is -2.28. The van der Waals surface area contributed by atoms with E-state index in [-0.39, 0.29) is 6.09 Å². The van der Waals surface area contributed by atoms with Crippen LogP contribution in [0.2, 0.25) is 0 Å². The first-order valence-electron chi connectivity index (χ1n) is 7.76. The van der Waals surface area contributed by atoms with Crippen molar-refractivity contribution in [1.29, 1.82) is 0 Å². The third-order valence-electron chi connectivity index (χ3n) is 4.18. The quantitative estimate of drug-likeness (QED) is 0.796. The number of anilines is 1. The Hall–Kier alpha value is -1.71. The molecule has 1 aromatic rings. The summed E-state index contributed by atoms with van der Waals surface area (Å²) in [6, 6.07) is 9.01. The van der Waals surface area contributed by atoms with E-state index in [1.54, 1.807) is 0 Å². The number of hydrogen-bond donors (Lipinski definition) is 0. The molecule has 1 amide bonds. The number of fused-ring (bicyclic) bond motifs is 1. The molecule has 1 aromatic carbocycles. The van der Waals surface area contributed by atoms with Gasteiger partial charge in [-0.3, -0.25) is 0 Å². The summed E-state index contributed by atoms with van der Waals surface area (Å²) >= 11 is 0. The van der Waals surface area contributed by atoms with Crippen molar-refractivity contribution in [2.24, 2.45) is 0 Å². The predicted molar refractivity (Wildman–Crippen MR) is 83.7 cm³/mol.